The van der Waals surface area contributed by atoms with Gasteiger partial charge in [-0.15, -0.1) is 0 Å². The Kier molecular flexibility index (Phi) is 9.07. The lowest BCUT2D eigenvalue weighted by Crippen LogP contribution is -3.00. The Morgan fingerprint density at radius 1 is 0.818 bits per heavy atom. The zero-order valence-corrected chi connectivity index (χ0v) is 28.6. The van der Waals surface area contributed by atoms with Gasteiger partial charge in [-0.05, 0) is 91.4 Å². The van der Waals surface area contributed by atoms with Gasteiger partial charge in [0.05, 0.1) is 5.41 Å². The maximum absolute atomic E-state index is 9.75. The molecule has 0 aromatic heterocycles. The van der Waals surface area contributed by atoms with Gasteiger partial charge in [0.25, 0.3) is 0 Å². The molecule has 2 heterocycles. The van der Waals surface area contributed by atoms with Crippen LogP contribution in [0.25, 0.3) is 21.5 Å². The average Bonchev–Trinajstić information content (AvgIpc) is 3.38. The summed E-state index contributed by atoms with van der Waals surface area (Å²) in [6.07, 6.45) is 10.8. The molecule has 1 N–H and O–H groups in total. The summed E-state index contributed by atoms with van der Waals surface area (Å²) in [7, 11) is 0. The maximum atomic E-state index is 9.75. The second-order valence-corrected chi connectivity index (χ2v) is 12.9. The van der Waals surface area contributed by atoms with Gasteiger partial charge in [-0.25, -0.2) is 0 Å². The van der Waals surface area contributed by atoms with E-state index in [9.17, 15) is 5.11 Å². The number of rotatable bonds is 8. The van der Waals surface area contributed by atoms with Crippen LogP contribution in [0.1, 0.15) is 65.5 Å². The van der Waals surface area contributed by atoms with Crippen LogP contribution in [-0.4, -0.2) is 35.1 Å². The Morgan fingerprint density at radius 3 is 2.09 bits per heavy atom. The summed E-state index contributed by atoms with van der Waals surface area (Å²) in [6, 6.07) is 26.6. The zero-order valence-electron chi connectivity index (χ0n) is 27.0. The monoisotopic (exact) mass is 648 g/mol. The molecule has 0 saturated carbocycles. The van der Waals surface area contributed by atoms with Gasteiger partial charge in [-0.1, -0.05) is 80.6 Å². The molecule has 0 spiro atoms. The molecule has 2 aliphatic rings. The molecule has 44 heavy (non-hydrogen) atoms. The topological polar surface area (TPSA) is 26.5 Å². The summed E-state index contributed by atoms with van der Waals surface area (Å²) in [5.74, 6) is 0. The smallest absolute Gasteiger partial charge is 0.210 e. The number of nitrogens with zero attached hydrogens (tertiary/aromatic N) is 2. The Balaban J connectivity index is 0.00000384. The van der Waals surface area contributed by atoms with Crippen LogP contribution in [0, 0.1) is 0 Å². The van der Waals surface area contributed by atoms with Crippen molar-refractivity contribution in [3.05, 3.63) is 119 Å². The molecule has 4 aromatic carbocycles. The number of hydrogen-bond acceptors (Lipinski definition) is 2. The van der Waals surface area contributed by atoms with E-state index in [0.717, 1.165) is 25.9 Å². The van der Waals surface area contributed by atoms with Gasteiger partial charge in [0, 0.05) is 47.7 Å². The second-order valence-electron chi connectivity index (χ2n) is 12.9. The molecule has 0 amide bonds. The number of benzene rings is 4. The highest BCUT2D eigenvalue weighted by atomic mass is 79.9. The number of fused-ring (bicyclic) bond motifs is 6. The predicted octanol–water partition coefficient (Wildman–Crippen LogP) is 6.35. The first-order valence-electron chi connectivity index (χ1n) is 15.9. The standard InChI is InChI=1S/C40H45N2O.BrH/c1-7-41-33-23-21-29-15-9-11-17-31(29)37(33)39(3,4)35(41)25-19-28(14-13-27-43)20-26-36-40(5,6)38-32-18-12-10-16-30(32)22-24-34(38)42(36)8-2;/h9-12,15-26,43H,7-8,13-14,27H2,1-6H3;1H/q+1;/p-1. The summed E-state index contributed by atoms with van der Waals surface area (Å²) in [6.45, 7) is 15.9. The number of likely N-dealkylation sites (N-methyl/N-ethyl adjacent to an activating group) is 1. The third kappa shape index (κ3) is 5.16. The van der Waals surface area contributed by atoms with Crippen molar-refractivity contribution in [3.63, 3.8) is 0 Å². The molecule has 0 radical (unpaired) electrons. The van der Waals surface area contributed by atoms with Crippen molar-refractivity contribution in [1.29, 1.82) is 0 Å². The second kappa shape index (κ2) is 12.5. The molecule has 4 aromatic rings. The van der Waals surface area contributed by atoms with E-state index in [-0.39, 0.29) is 34.4 Å². The van der Waals surface area contributed by atoms with E-state index in [1.165, 1.54) is 61.0 Å². The number of allylic oxidation sites excluding steroid dienone is 6. The Morgan fingerprint density at radius 2 is 1.45 bits per heavy atom. The number of hydrogen-bond donors (Lipinski definition) is 1. The first-order valence-corrected chi connectivity index (χ1v) is 15.9. The van der Waals surface area contributed by atoms with Crippen LogP contribution in [-0.2, 0) is 10.8 Å². The fourth-order valence-electron chi connectivity index (χ4n) is 7.63. The van der Waals surface area contributed by atoms with Gasteiger partial charge in [0.15, 0.2) is 5.71 Å². The van der Waals surface area contributed by atoms with Crippen LogP contribution in [0.15, 0.2) is 108 Å². The normalized spacial score (nSPS) is 18.0. The predicted molar refractivity (Wildman–Crippen MR) is 184 cm³/mol. The van der Waals surface area contributed by atoms with Gasteiger partial charge in [0.1, 0.15) is 6.54 Å². The summed E-state index contributed by atoms with van der Waals surface area (Å²) < 4.78 is 2.47. The maximum Gasteiger partial charge on any atom is 0.210 e. The fraction of sp³-hybridized carbons (Fsp3) is 0.325. The molecule has 2 aliphatic heterocycles. The van der Waals surface area contributed by atoms with Crippen molar-refractivity contribution >= 4 is 38.6 Å². The van der Waals surface area contributed by atoms with Crippen LogP contribution in [0.4, 0.5) is 11.4 Å². The minimum Gasteiger partial charge on any atom is -1.00 e. The molecule has 0 bridgehead atoms. The van der Waals surface area contributed by atoms with E-state index < -0.39 is 0 Å². The summed E-state index contributed by atoms with van der Waals surface area (Å²) in [5.41, 5.74) is 9.05. The number of aliphatic hydroxyl groups excluding tert-OH is 1. The van der Waals surface area contributed by atoms with E-state index in [1.54, 1.807) is 0 Å². The van der Waals surface area contributed by atoms with Gasteiger partial charge in [0.2, 0.25) is 5.69 Å². The average molecular weight is 650 g/mol. The SMILES string of the molecule is CCN1\C(=C/C=C(\C=C/C2=[N+](CC)c3ccc4ccccc4c3C2(C)C)CCCO)C(C)(C)c2c1ccc1ccccc21.[Br-]. The molecular weight excluding hydrogens is 604 g/mol. The summed E-state index contributed by atoms with van der Waals surface area (Å²) in [4.78, 5) is 2.47. The minimum absolute atomic E-state index is 0. The van der Waals surface area contributed by atoms with Gasteiger partial charge < -0.3 is 27.0 Å². The molecule has 0 saturated heterocycles. The molecular formula is C40H45BrN2O. The molecule has 228 valence electrons. The van der Waals surface area contributed by atoms with Gasteiger partial charge >= 0.3 is 0 Å². The van der Waals surface area contributed by atoms with Gasteiger partial charge in [-0.2, -0.15) is 4.58 Å². The van der Waals surface area contributed by atoms with E-state index in [0.29, 0.717) is 0 Å². The minimum atomic E-state index is -0.127. The molecule has 0 aliphatic carbocycles. The lowest BCUT2D eigenvalue weighted by Gasteiger charge is -2.26. The zero-order chi connectivity index (χ0) is 30.4. The Bertz CT molecular complexity index is 1840. The lowest BCUT2D eigenvalue weighted by atomic mass is 9.79. The third-order valence-corrected chi connectivity index (χ3v) is 9.67. The molecule has 4 heteroatoms. The van der Waals surface area contributed by atoms with Crippen LogP contribution in [0.5, 0.6) is 0 Å². The van der Waals surface area contributed by atoms with Crippen LogP contribution in [0.3, 0.4) is 0 Å². The lowest BCUT2D eigenvalue weighted by molar-refractivity contribution is -0.433. The van der Waals surface area contributed by atoms with Crippen LogP contribution in [0.2, 0.25) is 0 Å². The van der Waals surface area contributed by atoms with Crippen molar-refractivity contribution in [2.75, 3.05) is 24.6 Å². The molecule has 0 fully saturated rings. The quantitative estimate of drug-likeness (QED) is 0.178. The van der Waals surface area contributed by atoms with Crippen molar-refractivity contribution in [2.24, 2.45) is 0 Å². The number of aliphatic hydroxyl groups is 1. The Labute approximate surface area is 273 Å². The fourth-order valence-corrected chi connectivity index (χ4v) is 7.63. The molecule has 0 unspecified atom stereocenters. The summed E-state index contributed by atoms with van der Waals surface area (Å²) in [5, 5.41) is 15.0. The highest BCUT2D eigenvalue weighted by molar-refractivity contribution is 6.07. The first kappa shape index (κ1) is 31.9. The van der Waals surface area contributed by atoms with Crippen LogP contribution < -0.4 is 21.9 Å². The van der Waals surface area contributed by atoms with E-state index >= 15 is 0 Å². The van der Waals surface area contributed by atoms with Crippen molar-refractivity contribution < 1.29 is 26.7 Å². The van der Waals surface area contributed by atoms with Gasteiger partial charge in [-0.3, -0.25) is 0 Å². The third-order valence-electron chi connectivity index (χ3n) is 9.67. The molecule has 6 rings (SSSR count). The molecule has 3 nitrogen and oxygen atoms in total. The summed E-state index contributed by atoms with van der Waals surface area (Å²) >= 11 is 0. The Hall–Kier alpha value is -3.47. The first-order chi connectivity index (χ1) is 20.7. The van der Waals surface area contributed by atoms with Crippen molar-refractivity contribution in [1.82, 2.24) is 0 Å². The molecule has 0 atom stereocenters. The van der Waals surface area contributed by atoms with E-state index in [1.807, 2.05) is 0 Å². The van der Waals surface area contributed by atoms with Crippen LogP contribution >= 0.6 is 0 Å². The highest BCUT2D eigenvalue weighted by Crippen LogP contribution is 2.50. The number of anilines is 1. The van der Waals surface area contributed by atoms with E-state index in [4.69, 9.17) is 0 Å². The highest BCUT2D eigenvalue weighted by Gasteiger charge is 2.45. The largest absolute Gasteiger partial charge is 1.00 e. The van der Waals surface area contributed by atoms with E-state index in [2.05, 4.69) is 148 Å². The van der Waals surface area contributed by atoms with Crippen molar-refractivity contribution in [2.45, 2.75) is 65.2 Å². The van der Waals surface area contributed by atoms with Crippen molar-refractivity contribution in [3.8, 4) is 0 Å². The number of halogens is 1.